The van der Waals surface area contributed by atoms with Crippen LogP contribution in [-0.2, 0) is 0 Å². The molecule has 1 heterocycles. The average Bonchev–Trinajstić information content (AvgIpc) is 2.48. The molecule has 1 aromatic heterocycles. The van der Waals surface area contributed by atoms with Crippen LogP contribution in [0.3, 0.4) is 0 Å². The summed E-state index contributed by atoms with van der Waals surface area (Å²) in [5, 5.41) is 5.66. The third kappa shape index (κ3) is 3.62. The van der Waals surface area contributed by atoms with Crippen molar-refractivity contribution in [3.05, 3.63) is 41.8 Å². The van der Waals surface area contributed by atoms with E-state index >= 15 is 0 Å². The topological polar surface area (TPSA) is 49.8 Å². The van der Waals surface area contributed by atoms with Crippen LogP contribution in [-0.4, -0.2) is 16.0 Å². The zero-order chi connectivity index (χ0) is 15.4. The Hall–Kier alpha value is -2.31. The Morgan fingerprint density at radius 1 is 1.14 bits per heavy atom. The molecule has 0 saturated heterocycles. The summed E-state index contributed by atoms with van der Waals surface area (Å²) in [6.45, 7) is 4.01. The van der Waals surface area contributed by atoms with Gasteiger partial charge in [-0.1, -0.05) is 6.92 Å². The number of benzene rings is 1. The van der Waals surface area contributed by atoms with Gasteiger partial charge < -0.3 is 10.6 Å². The van der Waals surface area contributed by atoms with E-state index in [-0.39, 0.29) is 17.7 Å². The molecule has 1 aromatic carbocycles. The molecule has 0 amide bonds. The van der Waals surface area contributed by atoms with Gasteiger partial charge in [0.15, 0.2) is 17.5 Å². The number of rotatable bonds is 5. The summed E-state index contributed by atoms with van der Waals surface area (Å²) in [4.78, 5) is 8.05. The van der Waals surface area contributed by atoms with Crippen molar-refractivity contribution in [1.29, 1.82) is 0 Å². The molecule has 0 aliphatic heterocycles. The highest BCUT2D eigenvalue weighted by molar-refractivity contribution is 5.55. The van der Waals surface area contributed by atoms with Crippen molar-refractivity contribution < 1.29 is 13.2 Å². The molecule has 0 aliphatic rings. The van der Waals surface area contributed by atoms with Crippen LogP contribution in [0.4, 0.5) is 30.6 Å². The van der Waals surface area contributed by atoms with E-state index in [1.54, 1.807) is 6.07 Å². The number of halogens is 3. The number of anilines is 3. The Labute approximate surface area is 120 Å². The summed E-state index contributed by atoms with van der Waals surface area (Å²) >= 11 is 0. The van der Waals surface area contributed by atoms with E-state index in [0.29, 0.717) is 5.82 Å². The SMILES string of the molecule is CCC(C)Nc1ccnc(Nc2ccc(F)c(F)c2F)n1. The minimum absolute atomic E-state index is 0.0909. The molecular weight excluding hydrogens is 281 g/mol. The number of nitrogens with one attached hydrogen (secondary N) is 2. The third-order valence-corrected chi connectivity index (χ3v) is 2.94. The van der Waals surface area contributed by atoms with Crippen molar-refractivity contribution in [3.8, 4) is 0 Å². The van der Waals surface area contributed by atoms with Crippen molar-refractivity contribution in [2.45, 2.75) is 26.3 Å². The Bertz CT molecular complexity index is 634. The predicted molar refractivity (Wildman–Crippen MR) is 75.0 cm³/mol. The molecule has 0 spiro atoms. The highest BCUT2D eigenvalue weighted by Gasteiger charge is 2.14. The van der Waals surface area contributed by atoms with Gasteiger partial charge in [0.05, 0.1) is 5.69 Å². The molecule has 0 fully saturated rings. The van der Waals surface area contributed by atoms with E-state index in [1.165, 1.54) is 6.20 Å². The third-order valence-electron chi connectivity index (χ3n) is 2.94. The highest BCUT2D eigenvalue weighted by Crippen LogP contribution is 2.22. The molecule has 1 unspecified atom stereocenters. The van der Waals surface area contributed by atoms with Crippen molar-refractivity contribution >= 4 is 17.5 Å². The molecule has 2 rings (SSSR count). The van der Waals surface area contributed by atoms with Crippen LogP contribution >= 0.6 is 0 Å². The van der Waals surface area contributed by atoms with Gasteiger partial charge in [0.2, 0.25) is 5.95 Å². The second-order valence-electron chi connectivity index (χ2n) is 4.57. The van der Waals surface area contributed by atoms with Gasteiger partial charge in [-0.05, 0) is 31.5 Å². The lowest BCUT2D eigenvalue weighted by Gasteiger charge is -2.13. The Kier molecular flexibility index (Phi) is 4.62. The predicted octanol–water partition coefficient (Wildman–Crippen LogP) is 3.85. The summed E-state index contributed by atoms with van der Waals surface area (Å²) < 4.78 is 39.6. The van der Waals surface area contributed by atoms with Crippen LogP contribution in [0.2, 0.25) is 0 Å². The van der Waals surface area contributed by atoms with Gasteiger partial charge in [0.1, 0.15) is 5.82 Å². The second kappa shape index (κ2) is 6.43. The maximum atomic E-state index is 13.6. The fraction of sp³-hybridized carbons (Fsp3) is 0.286. The van der Waals surface area contributed by atoms with E-state index in [1.807, 2.05) is 13.8 Å². The first-order valence-electron chi connectivity index (χ1n) is 6.51. The Balaban J connectivity index is 2.20. The Morgan fingerprint density at radius 2 is 1.90 bits per heavy atom. The lowest BCUT2D eigenvalue weighted by atomic mass is 10.2. The molecular formula is C14H15F3N4. The quantitative estimate of drug-likeness (QED) is 0.823. The average molecular weight is 296 g/mol. The van der Waals surface area contributed by atoms with E-state index < -0.39 is 17.5 Å². The standard InChI is InChI=1S/C14H15F3N4/c1-3-8(2)19-11-6-7-18-14(21-11)20-10-5-4-9(15)12(16)13(10)17/h4-8H,3H2,1-2H3,(H2,18,19,20,21). The molecule has 0 aliphatic carbocycles. The van der Waals surface area contributed by atoms with Gasteiger partial charge in [-0.2, -0.15) is 4.98 Å². The molecule has 4 nitrogen and oxygen atoms in total. The summed E-state index contributed by atoms with van der Waals surface area (Å²) in [6, 6.07) is 3.81. The van der Waals surface area contributed by atoms with Crippen LogP contribution < -0.4 is 10.6 Å². The molecule has 1 atom stereocenters. The van der Waals surface area contributed by atoms with Gasteiger partial charge >= 0.3 is 0 Å². The van der Waals surface area contributed by atoms with Crippen LogP contribution in [0.25, 0.3) is 0 Å². The van der Waals surface area contributed by atoms with Gasteiger partial charge in [-0.15, -0.1) is 0 Å². The van der Waals surface area contributed by atoms with E-state index in [9.17, 15) is 13.2 Å². The lowest BCUT2D eigenvalue weighted by Crippen LogP contribution is -2.15. The number of nitrogens with zero attached hydrogens (tertiary/aromatic N) is 2. The van der Waals surface area contributed by atoms with Crippen LogP contribution in [0.5, 0.6) is 0 Å². The molecule has 0 bridgehead atoms. The maximum absolute atomic E-state index is 13.6. The zero-order valence-electron chi connectivity index (χ0n) is 11.6. The monoisotopic (exact) mass is 296 g/mol. The van der Waals surface area contributed by atoms with E-state index in [4.69, 9.17) is 0 Å². The van der Waals surface area contributed by atoms with E-state index in [0.717, 1.165) is 18.6 Å². The lowest BCUT2D eigenvalue weighted by molar-refractivity contribution is 0.449. The number of aromatic nitrogens is 2. The fourth-order valence-electron chi connectivity index (χ4n) is 1.60. The smallest absolute Gasteiger partial charge is 0.229 e. The fourth-order valence-corrected chi connectivity index (χ4v) is 1.60. The largest absolute Gasteiger partial charge is 0.367 e. The summed E-state index contributed by atoms with van der Waals surface area (Å²) in [5.74, 6) is -3.43. The minimum Gasteiger partial charge on any atom is -0.367 e. The van der Waals surface area contributed by atoms with Crippen molar-refractivity contribution in [3.63, 3.8) is 0 Å². The first-order valence-corrected chi connectivity index (χ1v) is 6.51. The van der Waals surface area contributed by atoms with Crippen LogP contribution in [0.1, 0.15) is 20.3 Å². The highest BCUT2D eigenvalue weighted by atomic mass is 19.2. The summed E-state index contributed by atoms with van der Waals surface area (Å²) in [6.07, 6.45) is 2.39. The Morgan fingerprint density at radius 3 is 2.62 bits per heavy atom. The van der Waals surface area contributed by atoms with Crippen LogP contribution in [0.15, 0.2) is 24.4 Å². The molecule has 2 N–H and O–H groups in total. The van der Waals surface area contributed by atoms with Gasteiger partial charge in [-0.3, -0.25) is 0 Å². The van der Waals surface area contributed by atoms with Crippen molar-refractivity contribution in [1.82, 2.24) is 9.97 Å². The van der Waals surface area contributed by atoms with Gasteiger partial charge in [0.25, 0.3) is 0 Å². The molecule has 0 radical (unpaired) electrons. The first kappa shape index (κ1) is 15.1. The molecule has 2 aromatic rings. The number of hydrogen-bond acceptors (Lipinski definition) is 4. The molecule has 7 heteroatoms. The minimum atomic E-state index is -1.53. The zero-order valence-corrected chi connectivity index (χ0v) is 11.6. The summed E-state index contributed by atoms with van der Waals surface area (Å²) in [5.41, 5.74) is -0.227. The normalized spacial score (nSPS) is 12.0. The molecule has 0 saturated carbocycles. The molecule has 21 heavy (non-hydrogen) atoms. The molecule has 112 valence electrons. The second-order valence-corrected chi connectivity index (χ2v) is 4.57. The maximum Gasteiger partial charge on any atom is 0.229 e. The first-order chi connectivity index (χ1) is 10.0. The van der Waals surface area contributed by atoms with Crippen LogP contribution in [0, 0.1) is 17.5 Å². The van der Waals surface area contributed by atoms with Crippen molar-refractivity contribution in [2.24, 2.45) is 0 Å². The van der Waals surface area contributed by atoms with Gasteiger partial charge in [-0.25, -0.2) is 18.2 Å². The van der Waals surface area contributed by atoms with Gasteiger partial charge in [0, 0.05) is 12.2 Å². The summed E-state index contributed by atoms with van der Waals surface area (Å²) in [7, 11) is 0. The number of hydrogen-bond donors (Lipinski definition) is 2. The van der Waals surface area contributed by atoms with Crippen molar-refractivity contribution in [2.75, 3.05) is 10.6 Å². The van der Waals surface area contributed by atoms with E-state index in [2.05, 4.69) is 20.6 Å².